The van der Waals surface area contributed by atoms with Crippen molar-refractivity contribution < 1.29 is 9.84 Å². The van der Waals surface area contributed by atoms with Crippen molar-refractivity contribution in [1.82, 2.24) is 4.90 Å². The molecule has 0 unspecified atom stereocenters. The topological polar surface area (TPSA) is 32.7 Å². The van der Waals surface area contributed by atoms with Crippen molar-refractivity contribution in [3.63, 3.8) is 0 Å². The minimum atomic E-state index is -0.393. The van der Waals surface area contributed by atoms with Gasteiger partial charge in [-0.25, -0.2) is 0 Å². The van der Waals surface area contributed by atoms with Crippen molar-refractivity contribution in [2.75, 3.05) is 26.8 Å². The molecule has 1 fully saturated rings. The van der Waals surface area contributed by atoms with Crippen LogP contribution in [-0.4, -0.2) is 42.9 Å². The lowest BCUT2D eigenvalue weighted by molar-refractivity contribution is 0.0177. The van der Waals surface area contributed by atoms with E-state index in [-0.39, 0.29) is 0 Å². The molecule has 1 heterocycles. The monoisotopic (exact) mass is 263 g/mol. The summed E-state index contributed by atoms with van der Waals surface area (Å²) in [4.78, 5) is 2.40. The smallest absolute Gasteiger partial charge is 0.0900 e. The Kier molecular flexibility index (Phi) is 5.37. The van der Waals surface area contributed by atoms with E-state index >= 15 is 0 Å². The number of rotatable bonds is 5. The number of aryl methyl sites for hydroxylation is 1. The van der Waals surface area contributed by atoms with E-state index in [1.165, 1.54) is 30.4 Å². The van der Waals surface area contributed by atoms with E-state index in [1.807, 2.05) is 0 Å². The molecule has 106 valence electrons. The number of benzene rings is 1. The van der Waals surface area contributed by atoms with Crippen molar-refractivity contribution >= 4 is 0 Å². The Morgan fingerprint density at radius 3 is 2.74 bits per heavy atom. The molecule has 1 aliphatic rings. The molecule has 2 atom stereocenters. The highest BCUT2D eigenvalue weighted by Gasteiger charge is 2.25. The van der Waals surface area contributed by atoms with Gasteiger partial charge in [0.05, 0.1) is 12.7 Å². The molecule has 3 nitrogen and oxygen atoms in total. The van der Waals surface area contributed by atoms with Gasteiger partial charge in [-0.3, -0.25) is 4.90 Å². The third-order valence-electron chi connectivity index (χ3n) is 3.88. The van der Waals surface area contributed by atoms with Crippen molar-refractivity contribution in [2.24, 2.45) is 0 Å². The molecule has 1 aliphatic heterocycles. The molecule has 0 aliphatic carbocycles. The number of aliphatic hydroxyl groups is 1. The van der Waals surface area contributed by atoms with Crippen molar-refractivity contribution in [1.29, 1.82) is 0 Å². The fraction of sp³-hybridized carbons (Fsp3) is 0.625. The van der Waals surface area contributed by atoms with Crippen LogP contribution in [0.2, 0.25) is 0 Å². The molecule has 1 N–H and O–H groups in total. The third-order valence-corrected chi connectivity index (χ3v) is 3.88. The number of ether oxygens (including phenoxy) is 1. The molecule has 1 saturated heterocycles. The summed E-state index contributed by atoms with van der Waals surface area (Å²) in [6, 6.07) is 9.24. The Morgan fingerprint density at radius 2 is 2.05 bits per heavy atom. The molecule has 0 radical (unpaired) electrons. The summed E-state index contributed by atoms with van der Waals surface area (Å²) in [5, 5.41) is 9.94. The molecule has 2 rings (SSSR count). The summed E-state index contributed by atoms with van der Waals surface area (Å²) in [6.07, 6.45) is 3.29. The van der Waals surface area contributed by atoms with Gasteiger partial charge in [-0.15, -0.1) is 0 Å². The van der Waals surface area contributed by atoms with Gasteiger partial charge in [-0.2, -0.15) is 0 Å². The lowest BCUT2D eigenvalue weighted by Crippen LogP contribution is -2.40. The largest absolute Gasteiger partial charge is 0.389 e. The number of methoxy groups -OCH3 is 1. The molecule has 1 aromatic carbocycles. The first kappa shape index (κ1) is 14.5. The molecule has 0 saturated carbocycles. The summed E-state index contributed by atoms with van der Waals surface area (Å²) in [6.45, 7) is 4.30. The molecule has 0 amide bonds. The lowest BCUT2D eigenvalue weighted by atomic mass is 9.94. The predicted octanol–water partition coefficient (Wildman–Crippen LogP) is 2.53. The second kappa shape index (κ2) is 7.04. The number of hydrogen-bond donors (Lipinski definition) is 1. The molecule has 0 bridgehead atoms. The van der Waals surface area contributed by atoms with Crippen molar-refractivity contribution in [3.8, 4) is 0 Å². The van der Waals surface area contributed by atoms with Gasteiger partial charge in [0, 0.05) is 19.7 Å². The van der Waals surface area contributed by atoms with E-state index < -0.39 is 6.10 Å². The van der Waals surface area contributed by atoms with Crippen LogP contribution in [-0.2, 0) is 4.74 Å². The predicted molar refractivity (Wildman–Crippen MR) is 77.2 cm³/mol. The molecule has 0 aromatic heterocycles. The van der Waals surface area contributed by atoms with Crippen LogP contribution in [0.5, 0.6) is 0 Å². The van der Waals surface area contributed by atoms with Gasteiger partial charge in [0.2, 0.25) is 0 Å². The highest BCUT2D eigenvalue weighted by Crippen LogP contribution is 2.30. The Morgan fingerprint density at radius 1 is 1.32 bits per heavy atom. The quantitative estimate of drug-likeness (QED) is 0.886. The zero-order valence-corrected chi connectivity index (χ0v) is 12.0. The first-order chi connectivity index (χ1) is 9.20. The average Bonchev–Trinajstić information content (AvgIpc) is 2.41. The van der Waals surface area contributed by atoms with E-state index in [4.69, 9.17) is 4.74 Å². The van der Waals surface area contributed by atoms with Crippen LogP contribution in [0.25, 0.3) is 0 Å². The number of nitrogens with zero attached hydrogens (tertiary/aromatic N) is 1. The first-order valence-corrected chi connectivity index (χ1v) is 7.18. The third kappa shape index (κ3) is 4.03. The maximum atomic E-state index is 9.94. The summed E-state index contributed by atoms with van der Waals surface area (Å²) in [5.41, 5.74) is 2.67. The average molecular weight is 263 g/mol. The summed E-state index contributed by atoms with van der Waals surface area (Å²) >= 11 is 0. The van der Waals surface area contributed by atoms with E-state index in [2.05, 4.69) is 36.1 Å². The highest BCUT2D eigenvalue weighted by molar-refractivity contribution is 5.24. The van der Waals surface area contributed by atoms with Crippen LogP contribution < -0.4 is 0 Å². The summed E-state index contributed by atoms with van der Waals surface area (Å²) in [5.74, 6) is 0. The van der Waals surface area contributed by atoms with Gasteiger partial charge >= 0.3 is 0 Å². The summed E-state index contributed by atoms with van der Waals surface area (Å²) < 4.78 is 5.03. The van der Waals surface area contributed by atoms with E-state index in [0.29, 0.717) is 19.2 Å². The fourth-order valence-electron chi connectivity index (χ4n) is 2.89. The number of β-amino-alcohol motifs (C(OH)–C–C–N with tert-alkyl or cyclic N) is 1. The Labute approximate surface area is 116 Å². The van der Waals surface area contributed by atoms with E-state index in [1.54, 1.807) is 7.11 Å². The van der Waals surface area contributed by atoms with Crippen LogP contribution in [0.4, 0.5) is 0 Å². The van der Waals surface area contributed by atoms with Crippen LogP contribution in [0.15, 0.2) is 24.3 Å². The van der Waals surface area contributed by atoms with Gasteiger partial charge in [-0.05, 0) is 31.9 Å². The standard InChI is InChI=1S/C16H25NO2/c1-13-6-8-14(9-7-13)16-5-3-4-10-17(16)11-15(18)12-19-2/h6-9,15-16,18H,3-5,10-12H2,1-2H3/t15-,16-/m0/s1. The first-order valence-electron chi connectivity index (χ1n) is 7.18. The maximum absolute atomic E-state index is 9.94. The van der Waals surface area contributed by atoms with Gasteiger partial charge in [0.1, 0.15) is 0 Å². The van der Waals surface area contributed by atoms with Crippen LogP contribution in [0, 0.1) is 6.92 Å². The van der Waals surface area contributed by atoms with Crippen LogP contribution >= 0.6 is 0 Å². The Balaban J connectivity index is 2.05. The van der Waals surface area contributed by atoms with Crippen LogP contribution in [0.3, 0.4) is 0 Å². The van der Waals surface area contributed by atoms with Gasteiger partial charge in [0.25, 0.3) is 0 Å². The molecule has 3 heteroatoms. The molecular weight excluding hydrogens is 238 g/mol. The number of likely N-dealkylation sites (tertiary alicyclic amines) is 1. The summed E-state index contributed by atoms with van der Waals surface area (Å²) in [7, 11) is 1.64. The number of piperidine rings is 1. The van der Waals surface area contributed by atoms with Gasteiger partial charge in [-0.1, -0.05) is 36.2 Å². The SMILES string of the molecule is COC[C@@H](O)CN1CCCC[C@H]1c1ccc(C)cc1. The number of aliphatic hydroxyl groups excluding tert-OH is 1. The minimum Gasteiger partial charge on any atom is -0.389 e. The van der Waals surface area contributed by atoms with Gasteiger partial charge < -0.3 is 9.84 Å². The second-order valence-electron chi connectivity index (χ2n) is 5.53. The fourth-order valence-corrected chi connectivity index (χ4v) is 2.89. The molecule has 0 spiro atoms. The lowest BCUT2D eigenvalue weighted by Gasteiger charge is -2.37. The van der Waals surface area contributed by atoms with Crippen molar-refractivity contribution in [3.05, 3.63) is 35.4 Å². The molecular formula is C16H25NO2. The van der Waals surface area contributed by atoms with E-state index in [9.17, 15) is 5.11 Å². The zero-order chi connectivity index (χ0) is 13.7. The van der Waals surface area contributed by atoms with Crippen LogP contribution in [0.1, 0.15) is 36.4 Å². The molecule has 1 aromatic rings. The second-order valence-corrected chi connectivity index (χ2v) is 5.53. The number of hydrogen-bond acceptors (Lipinski definition) is 3. The normalized spacial score (nSPS) is 22.4. The van der Waals surface area contributed by atoms with Gasteiger partial charge in [0.15, 0.2) is 0 Å². The van der Waals surface area contributed by atoms with Crippen molar-refractivity contribution in [2.45, 2.75) is 38.3 Å². The Bertz CT molecular complexity index is 377. The maximum Gasteiger partial charge on any atom is 0.0900 e. The Hall–Kier alpha value is -0.900. The zero-order valence-electron chi connectivity index (χ0n) is 12.0. The highest BCUT2D eigenvalue weighted by atomic mass is 16.5. The molecule has 19 heavy (non-hydrogen) atoms. The van der Waals surface area contributed by atoms with E-state index in [0.717, 1.165) is 6.54 Å². The minimum absolute atomic E-state index is 0.393.